The molecule has 1 aliphatic heterocycles. The molecule has 1 saturated heterocycles. The van der Waals surface area contributed by atoms with Gasteiger partial charge in [0.1, 0.15) is 5.82 Å². The summed E-state index contributed by atoms with van der Waals surface area (Å²) in [5.41, 5.74) is 1.29. The lowest BCUT2D eigenvalue weighted by Gasteiger charge is -2.43. The number of hydrogen-bond acceptors (Lipinski definition) is 2. The van der Waals surface area contributed by atoms with Crippen molar-refractivity contribution in [2.75, 3.05) is 26.2 Å². The fraction of sp³-hybridized carbons (Fsp3) is 0.600. The van der Waals surface area contributed by atoms with Crippen LogP contribution in [0, 0.1) is 11.7 Å². The molecule has 0 aromatic heterocycles. The molecule has 0 radical (unpaired) electrons. The standard InChI is InChI=1S/C15H21FN2.2ClH/c16-14-6-4-13(5-7-14)15(12-2-1-3-12)18-10-8-17-9-11-18;;/h4-7,12,15,17H,1-3,8-11H2;2*1H/t15-;;/m0../s1. The Morgan fingerprint density at radius 2 is 1.65 bits per heavy atom. The Kier molecular flexibility index (Phi) is 7.24. The Morgan fingerprint density at radius 1 is 1.05 bits per heavy atom. The molecular weight excluding hydrogens is 298 g/mol. The second kappa shape index (κ2) is 8.18. The molecule has 1 saturated carbocycles. The number of nitrogens with zero attached hydrogens (tertiary/aromatic N) is 1. The van der Waals surface area contributed by atoms with Gasteiger partial charge in [-0.1, -0.05) is 18.6 Å². The number of rotatable bonds is 3. The number of hydrogen-bond donors (Lipinski definition) is 1. The molecule has 1 aliphatic carbocycles. The van der Waals surface area contributed by atoms with E-state index in [0.717, 1.165) is 32.1 Å². The van der Waals surface area contributed by atoms with Crippen molar-refractivity contribution in [3.63, 3.8) is 0 Å². The van der Waals surface area contributed by atoms with Gasteiger partial charge >= 0.3 is 0 Å². The molecule has 1 aromatic carbocycles. The molecule has 5 heteroatoms. The van der Waals surface area contributed by atoms with Crippen LogP contribution in [0.3, 0.4) is 0 Å². The molecular formula is C15H23Cl2FN2. The Bertz CT molecular complexity index is 389. The summed E-state index contributed by atoms with van der Waals surface area (Å²) >= 11 is 0. The summed E-state index contributed by atoms with van der Waals surface area (Å²) in [6.07, 6.45) is 4.01. The van der Waals surface area contributed by atoms with Gasteiger partial charge in [0.2, 0.25) is 0 Å². The first-order chi connectivity index (χ1) is 8.84. The molecule has 1 N–H and O–H groups in total. The molecule has 0 bridgehead atoms. The lowest BCUT2D eigenvalue weighted by Crippen LogP contribution is -2.47. The first-order valence-corrected chi connectivity index (χ1v) is 7.05. The van der Waals surface area contributed by atoms with E-state index in [1.807, 2.05) is 12.1 Å². The first-order valence-electron chi connectivity index (χ1n) is 7.05. The van der Waals surface area contributed by atoms with Gasteiger partial charge in [-0.2, -0.15) is 0 Å². The van der Waals surface area contributed by atoms with Gasteiger partial charge in [-0.25, -0.2) is 4.39 Å². The third kappa shape index (κ3) is 3.85. The van der Waals surface area contributed by atoms with E-state index in [0.29, 0.717) is 6.04 Å². The van der Waals surface area contributed by atoms with Crippen molar-refractivity contribution in [3.8, 4) is 0 Å². The maximum absolute atomic E-state index is 13.1. The van der Waals surface area contributed by atoms with E-state index in [1.54, 1.807) is 12.1 Å². The lowest BCUT2D eigenvalue weighted by atomic mass is 9.76. The van der Waals surface area contributed by atoms with Gasteiger partial charge in [-0.15, -0.1) is 24.8 Å². The predicted octanol–water partition coefficient (Wildman–Crippen LogP) is 3.42. The largest absolute Gasteiger partial charge is 0.314 e. The normalized spacial score (nSPS) is 21.2. The smallest absolute Gasteiger partial charge is 0.123 e. The van der Waals surface area contributed by atoms with Gasteiger partial charge in [0, 0.05) is 32.2 Å². The summed E-state index contributed by atoms with van der Waals surface area (Å²) in [5, 5.41) is 3.40. The van der Waals surface area contributed by atoms with Crippen LogP contribution < -0.4 is 5.32 Å². The molecule has 2 aliphatic rings. The van der Waals surface area contributed by atoms with Gasteiger partial charge in [0.25, 0.3) is 0 Å². The zero-order valence-electron chi connectivity index (χ0n) is 11.6. The molecule has 2 nitrogen and oxygen atoms in total. The van der Waals surface area contributed by atoms with Crippen LogP contribution in [0.25, 0.3) is 0 Å². The number of nitrogens with one attached hydrogen (secondary N) is 1. The highest BCUT2D eigenvalue weighted by molar-refractivity contribution is 5.85. The van der Waals surface area contributed by atoms with Gasteiger partial charge in [0.15, 0.2) is 0 Å². The summed E-state index contributed by atoms with van der Waals surface area (Å²) in [6.45, 7) is 4.37. The third-order valence-electron chi connectivity index (χ3n) is 4.35. The van der Waals surface area contributed by atoms with E-state index in [2.05, 4.69) is 10.2 Å². The van der Waals surface area contributed by atoms with Crippen molar-refractivity contribution in [1.29, 1.82) is 0 Å². The quantitative estimate of drug-likeness (QED) is 0.918. The lowest BCUT2D eigenvalue weighted by molar-refractivity contribution is 0.0837. The highest BCUT2D eigenvalue weighted by atomic mass is 35.5. The SMILES string of the molecule is Cl.Cl.Fc1ccc([C@H](C2CCC2)N2CCNCC2)cc1. The Morgan fingerprint density at radius 3 is 2.15 bits per heavy atom. The number of piperazine rings is 1. The van der Waals surface area contributed by atoms with Crippen molar-refractivity contribution in [2.24, 2.45) is 5.92 Å². The molecule has 2 fully saturated rings. The molecule has 3 rings (SSSR count). The monoisotopic (exact) mass is 320 g/mol. The van der Waals surface area contributed by atoms with Gasteiger partial charge in [-0.05, 0) is 36.5 Å². The molecule has 1 atom stereocenters. The minimum absolute atomic E-state index is 0. The Balaban J connectivity index is 0.000001000. The van der Waals surface area contributed by atoms with E-state index in [1.165, 1.54) is 24.8 Å². The average Bonchev–Trinajstić information content (AvgIpc) is 2.36. The number of benzene rings is 1. The van der Waals surface area contributed by atoms with Crippen LogP contribution in [-0.2, 0) is 0 Å². The number of halogens is 3. The van der Waals surface area contributed by atoms with Crippen LogP contribution in [-0.4, -0.2) is 31.1 Å². The summed E-state index contributed by atoms with van der Waals surface area (Å²) in [6, 6.07) is 7.65. The van der Waals surface area contributed by atoms with Crippen molar-refractivity contribution >= 4 is 24.8 Å². The molecule has 114 valence electrons. The van der Waals surface area contributed by atoms with Crippen LogP contribution in [0.5, 0.6) is 0 Å². The third-order valence-corrected chi connectivity index (χ3v) is 4.35. The summed E-state index contributed by atoms with van der Waals surface area (Å²) in [7, 11) is 0. The maximum atomic E-state index is 13.1. The summed E-state index contributed by atoms with van der Waals surface area (Å²) < 4.78 is 13.1. The minimum atomic E-state index is -0.133. The zero-order valence-corrected chi connectivity index (χ0v) is 13.2. The molecule has 0 amide bonds. The van der Waals surface area contributed by atoms with E-state index in [4.69, 9.17) is 0 Å². The van der Waals surface area contributed by atoms with Crippen molar-refractivity contribution in [2.45, 2.75) is 25.3 Å². The Hall–Kier alpha value is -0.350. The van der Waals surface area contributed by atoms with E-state index in [-0.39, 0.29) is 30.6 Å². The molecule has 20 heavy (non-hydrogen) atoms. The molecule has 1 aromatic rings. The average molecular weight is 321 g/mol. The van der Waals surface area contributed by atoms with E-state index in [9.17, 15) is 4.39 Å². The zero-order chi connectivity index (χ0) is 12.4. The minimum Gasteiger partial charge on any atom is -0.314 e. The Labute approximate surface area is 132 Å². The van der Waals surface area contributed by atoms with Crippen molar-refractivity contribution in [1.82, 2.24) is 10.2 Å². The van der Waals surface area contributed by atoms with E-state index < -0.39 is 0 Å². The van der Waals surface area contributed by atoms with Gasteiger partial charge in [-0.3, -0.25) is 4.90 Å². The van der Waals surface area contributed by atoms with Crippen molar-refractivity contribution in [3.05, 3.63) is 35.6 Å². The van der Waals surface area contributed by atoms with Gasteiger partial charge in [0.05, 0.1) is 0 Å². The predicted molar refractivity (Wildman–Crippen MR) is 85.4 cm³/mol. The topological polar surface area (TPSA) is 15.3 Å². The fourth-order valence-electron chi connectivity index (χ4n) is 3.16. The molecule has 1 heterocycles. The van der Waals surface area contributed by atoms with Crippen LogP contribution in [0.2, 0.25) is 0 Å². The van der Waals surface area contributed by atoms with Crippen LogP contribution in [0.4, 0.5) is 4.39 Å². The summed E-state index contributed by atoms with van der Waals surface area (Å²) in [5.74, 6) is 0.639. The van der Waals surface area contributed by atoms with E-state index >= 15 is 0 Å². The molecule has 0 unspecified atom stereocenters. The maximum Gasteiger partial charge on any atom is 0.123 e. The van der Waals surface area contributed by atoms with Crippen LogP contribution in [0.15, 0.2) is 24.3 Å². The van der Waals surface area contributed by atoms with Crippen LogP contribution >= 0.6 is 24.8 Å². The van der Waals surface area contributed by atoms with Crippen molar-refractivity contribution < 1.29 is 4.39 Å². The second-order valence-corrected chi connectivity index (χ2v) is 5.47. The first kappa shape index (κ1) is 17.7. The second-order valence-electron chi connectivity index (χ2n) is 5.47. The highest BCUT2D eigenvalue weighted by Crippen LogP contribution is 2.41. The van der Waals surface area contributed by atoms with Gasteiger partial charge < -0.3 is 5.32 Å². The fourth-order valence-corrected chi connectivity index (χ4v) is 3.16. The summed E-state index contributed by atoms with van der Waals surface area (Å²) in [4.78, 5) is 2.58. The van der Waals surface area contributed by atoms with Crippen LogP contribution in [0.1, 0.15) is 30.9 Å². The highest BCUT2D eigenvalue weighted by Gasteiger charge is 2.33. The molecule has 0 spiro atoms.